The van der Waals surface area contributed by atoms with Gasteiger partial charge in [0.2, 0.25) is 0 Å². The van der Waals surface area contributed by atoms with E-state index < -0.39 is 0 Å². The van der Waals surface area contributed by atoms with Crippen LogP contribution in [0.3, 0.4) is 0 Å². The van der Waals surface area contributed by atoms with Crippen molar-refractivity contribution in [1.29, 1.82) is 0 Å². The van der Waals surface area contributed by atoms with Crippen LogP contribution < -0.4 is 5.32 Å². The average Bonchev–Trinajstić information content (AvgIpc) is 2.85. The molecule has 3 nitrogen and oxygen atoms in total. The summed E-state index contributed by atoms with van der Waals surface area (Å²) in [6.07, 6.45) is 5.76. The first-order chi connectivity index (χ1) is 8.79. The fraction of sp³-hybridized carbons (Fsp3) is 0.667. The Labute approximate surface area is 111 Å². The summed E-state index contributed by atoms with van der Waals surface area (Å²) in [5, 5.41) is 3.58. The van der Waals surface area contributed by atoms with E-state index in [9.17, 15) is 0 Å². The van der Waals surface area contributed by atoms with Crippen molar-refractivity contribution in [2.75, 3.05) is 19.6 Å². The van der Waals surface area contributed by atoms with E-state index in [1.54, 1.807) is 0 Å². The number of aryl methyl sites for hydroxylation is 1. The smallest absolute Gasteiger partial charge is 0.0573 e. The van der Waals surface area contributed by atoms with Crippen LogP contribution in [0.1, 0.15) is 37.4 Å². The second-order valence-electron chi connectivity index (χ2n) is 5.30. The Morgan fingerprint density at radius 3 is 3.06 bits per heavy atom. The largest absolute Gasteiger partial charge is 0.313 e. The molecule has 1 fully saturated rings. The Bertz CT molecular complexity index is 359. The van der Waals surface area contributed by atoms with Crippen molar-refractivity contribution < 1.29 is 0 Å². The lowest BCUT2D eigenvalue weighted by atomic mass is 10.1. The Morgan fingerprint density at radius 2 is 2.39 bits per heavy atom. The molecule has 3 heteroatoms. The minimum Gasteiger partial charge on any atom is -0.313 e. The summed E-state index contributed by atoms with van der Waals surface area (Å²) in [6, 6.07) is 4.85. The highest BCUT2D eigenvalue weighted by Crippen LogP contribution is 2.12. The number of nitrogens with zero attached hydrogens (tertiary/aromatic N) is 2. The van der Waals surface area contributed by atoms with Crippen molar-refractivity contribution in [3.63, 3.8) is 0 Å². The van der Waals surface area contributed by atoms with Gasteiger partial charge < -0.3 is 5.32 Å². The molecule has 0 spiro atoms. The third-order valence-electron chi connectivity index (χ3n) is 3.67. The fourth-order valence-electron chi connectivity index (χ4n) is 2.67. The van der Waals surface area contributed by atoms with Gasteiger partial charge in [-0.2, -0.15) is 0 Å². The molecule has 0 radical (unpaired) electrons. The summed E-state index contributed by atoms with van der Waals surface area (Å²) >= 11 is 0. The van der Waals surface area contributed by atoms with E-state index in [0.717, 1.165) is 19.6 Å². The summed E-state index contributed by atoms with van der Waals surface area (Å²) in [4.78, 5) is 7.05. The molecule has 1 unspecified atom stereocenters. The number of hydrogen-bond donors (Lipinski definition) is 1. The van der Waals surface area contributed by atoms with Crippen LogP contribution in [0.25, 0.3) is 0 Å². The molecule has 0 aliphatic carbocycles. The zero-order valence-electron chi connectivity index (χ0n) is 11.7. The van der Waals surface area contributed by atoms with Gasteiger partial charge in [0, 0.05) is 25.3 Å². The molecule has 1 aromatic rings. The van der Waals surface area contributed by atoms with Crippen LogP contribution in [0.15, 0.2) is 18.3 Å². The summed E-state index contributed by atoms with van der Waals surface area (Å²) in [6.45, 7) is 8.89. The van der Waals surface area contributed by atoms with Gasteiger partial charge in [-0.1, -0.05) is 13.0 Å². The van der Waals surface area contributed by atoms with Crippen molar-refractivity contribution >= 4 is 0 Å². The van der Waals surface area contributed by atoms with Crippen LogP contribution in [-0.2, 0) is 6.54 Å². The second kappa shape index (κ2) is 6.86. The van der Waals surface area contributed by atoms with Crippen molar-refractivity contribution in [2.24, 2.45) is 0 Å². The zero-order chi connectivity index (χ0) is 12.8. The molecule has 1 atom stereocenters. The topological polar surface area (TPSA) is 28.2 Å². The molecule has 100 valence electrons. The molecule has 1 saturated heterocycles. The highest BCUT2D eigenvalue weighted by molar-refractivity contribution is 5.17. The van der Waals surface area contributed by atoms with E-state index in [1.165, 1.54) is 37.1 Å². The van der Waals surface area contributed by atoms with Crippen molar-refractivity contribution in [3.8, 4) is 0 Å². The van der Waals surface area contributed by atoms with Crippen LogP contribution >= 0.6 is 0 Å². The first-order valence-electron chi connectivity index (χ1n) is 7.16. The molecule has 0 bridgehead atoms. The molecule has 1 aromatic heterocycles. The van der Waals surface area contributed by atoms with E-state index in [1.807, 2.05) is 12.3 Å². The maximum Gasteiger partial charge on any atom is 0.0573 e. The molecule has 1 N–H and O–H groups in total. The molecule has 0 aromatic carbocycles. The molecular weight excluding hydrogens is 222 g/mol. The third kappa shape index (κ3) is 3.79. The SMILES string of the molecule is CCCN(Cc1ncccc1C)CC1CCCN1. The maximum absolute atomic E-state index is 4.51. The molecule has 0 amide bonds. The predicted molar refractivity (Wildman–Crippen MR) is 75.6 cm³/mol. The summed E-state index contributed by atoms with van der Waals surface area (Å²) in [7, 11) is 0. The fourth-order valence-corrected chi connectivity index (χ4v) is 2.67. The van der Waals surface area contributed by atoms with Gasteiger partial charge in [-0.25, -0.2) is 0 Å². The molecule has 2 rings (SSSR count). The Morgan fingerprint density at radius 1 is 1.50 bits per heavy atom. The standard InChI is InChI=1S/C15H25N3/c1-3-10-18(11-14-7-5-8-16-14)12-15-13(2)6-4-9-17-15/h4,6,9,14,16H,3,5,7-8,10-12H2,1-2H3. The Hall–Kier alpha value is -0.930. The first-order valence-corrected chi connectivity index (χ1v) is 7.16. The van der Waals surface area contributed by atoms with Crippen molar-refractivity contribution in [3.05, 3.63) is 29.6 Å². The van der Waals surface area contributed by atoms with Gasteiger partial charge in [-0.05, 0) is 50.9 Å². The van der Waals surface area contributed by atoms with Crippen LogP contribution in [-0.4, -0.2) is 35.6 Å². The van der Waals surface area contributed by atoms with Gasteiger partial charge in [-0.15, -0.1) is 0 Å². The Kier molecular flexibility index (Phi) is 5.14. The number of hydrogen-bond acceptors (Lipinski definition) is 3. The summed E-state index contributed by atoms with van der Waals surface area (Å²) in [5.74, 6) is 0. The predicted octanol–water partition coefficient (Wildman–Crippen LogP) is 2.35. The quantitative estimate of drug-likeness (QED) is 0.836. The monoisotopic (exact) mass is 247 g/mol. The summed E-state index contributed by atoms with van der Waals surface area (Å²) < 4.78 is 0. The minimum absolute atomic E-state index is 0.681. The molecule has 1 aliphatic rings. The molecule has 0 saturated carbocycles. The number of pyridine rings is 1. The van der Waals surface area contributed by atoms with Crippen LogP contribution in [0.5, 0.6) is 0 Å². The van der Waals surface area contributed by atoms with E-state index in [-0.39, 0.29) is 0 Å². The molecular formula is C15H25N3. The number of aromatic nitrogens is 1. The van der Waals surface area contributed by atoms with Gasteiger partial charge in [0.25, 0.3) is 0 Å². The van der Waals surface area contributed by atoms with E-state index in [2.05, 4.69) is 35.1 Å². The van der Waals surface area contributed by atoms with Gasteiger partial charge in [0.1, 0.15) is 0 Å². The second-order valence-corrected chi connectivity index (χ2v) is 5.30. The summed E-state index contributed by atoms with van der Waals surface area (Å²) in [5.41, 5.74) is 2.53. The zero-order valence-corrected chi connectivity index (χ0v) is 11.7. The Balaban J connectivity index is 1.94. The van der Waals surface area contributed by atoms with Gasteiger partial charge in [-0.3, -0.25) is 9.88 Å². The van der Waals surface area contributed by atoms with Gasteiger partial charge >= 0.3 is 0 Å². The normalized spacial score (nSPS) is 19.6. The average molecular weight is 247 g/mol. The lowest BCUT2D eigenvalue weighted by Crippen LogP contribution is -2.37. The van der Waals surface area contributed by atoms with E-state index in [4.69, 9.17) is 0 Å². The van der Waals surface area contributed by atoms with Gasteiger partial charge in [0.05, 0.1) is 5.69 Å². The number of rotatable bonds is 6. The first kappa shape index (κ1) is 13.5. The van der Waals surface area contributed by atoms with Crippen LogP contribution in [0, 0.1) is 6.92 Å². The third-order valence-corrected chi connectivity index (χ3v) is 3.67. The maximum atomic E-state index is 4.51. The molecule has 1 aliphatic heterocycles. The minimum atomic E-state index is 0.681. The highest BCUT2D eigenvalue weighted by Gasteiger charge is 2.18. The molecule has 2 heterocycles. The highest BCUT2D eigenvalue weighted by atomic mass is 15.2. The van der Waals surface area contributed by atoms with Crippen LogP contribution in [0.4, 0.5) is 0 Å². The van der Waals surface area contributed by atoms with Crippen molar-refractivity contribution in [1.82, 2.24) is 15.2 Å². The van der Waals surface area contributed by atoms with Crippen molar-refractivity contribution in [2.45, 2.75) is 45.7 Å². The lowest BCUT2D eigenvalue weighted by Gasteiger charge is -2.25. The van der Waals surface area contributed by atoms with E-state index >= 15 is 0 Å². The van der Waals surface area contributed by atoms with E-state index in [0.29, 0.717) is 6.04 Å². The number of nitrogens with one attached hydrogen (secondary N) is 1. The van der Waals surface area contributed by atoms with Crippen LogP contribution in [0.2, 0.25) is 0 Å². The molecule has 18 heavy (non-hydrogen) atoms. The lowest BCUT2D eigenvalue weighted by molar-refractivity contribution is 0.238. The van der Waals surface area contributed by atoms with Gasteiger partial charge in [0.15, 0.2) is 0 Å².